The number of nitrogens with zero attached hydrogens (tertiary/aromatic N) is 2. The first kappa shape index (κ1) is 20.4. The lowest BCUT2D eigenvalue weighted by Crippen LogP contribution is -2.14. The predicted octanol–water partition coefficient (Wildman–Crippen LogP) is 5.72. The van der Waals surface area contributed by atoms with E-state index in [1.165, 1.54) is 0 Å². The molecule has 0 aliphatic carbocycles. The zero-order chi connectivity index (χ0) is 21.8. The molecule has 2 heterocycles. The van der Waals surface area contributed by atoms with E-state index in [0.29, 0.717) is 12.1 Å². The number of aryl methyl sites for hydroxylation is 2. The predicted molar refractivity (Wildman–Crippen MR) is 125 cm³/mol. The third kappa shape index (κ3) is 4.51. The van der Waals surface area contributed by atoms with Crippen LogP contribution in [0.15, 0.2) is 79.5 Å². The molecule has 0 bridgehead atoms. The second-order valence-electron chi connectivity index (χ2n) is 7.50. The normalized spacial score (nSPS) is 11.8. The van der Waals surface area contributed by atoms with Gasteiger partial charge in [-0.3, -0.25) is 0 Å². The molecule has 0 radical (unpaired) electrons. The summed E-state index contributed by atoms with van der Waals surface area (Å²) < 4.78 is 5.73. The number of benzene rings is 2. The zero-order valence-electron chi connectivity index (χ0n) is 17.7. The van der Waals surface area contributed by atoms with Crippen LogP contribution < -0.4 is 10.1 Å². The van der Waals surface area contributed by atoms with Crippen LogP contribution in [0.3, 0.4) is 0 Å². The van der Waals surface area contributed by atoms with Crippen molar-refractivity contribution in [2.75, 3.05) is 11.9 Å². The van der Waals surface area contributed by atoms with Gasteiger partial charge in [0.1, 0.15) is 29.4 Å². The van der Waals surface area contributed by atoms with Crippen LogP contribution in [0.25, 0.3) is 10.9 Å². The minimum atomic E-state index is -0.353. The summed E-state index contributed by atoms with van der Waals surface area (Å²) in [6.07, 6.45) is 3.48. The number of phenols is 1. The van der Waals surface area contributed by atoms with Crippen LogP contribution in [-0.4, -0.2) is 21.7 Å². The summed E-state index contributed by atoms with van der Waals surface area (Å²) in [5.74, 6) is 1.61. The fraction of sp³-hybridized carbons (Fsp3) is 0.154. The van der Waals surface area contributed by atoms with Crippen LogP contribution in [0, 0.1) is 13.8 Å². The molecule has 5 heteroatoms. The van der Waals surface area contributed by atoms with Crippen molar-refractivity contribution in [3.8, 4) is 11.5 Å². The number of phenolic OH excluding ortho intramolecular Hbond substituents is 1. The molecule has 2 N–H and O–H groups in total. The number of fused-ring (bicyclic) bond motifs is 1. The molecule has 4 rings (SSSR count). The first-order valence-corrected chi connectivity index (χ1v) is 10.2. The molecule has 5 nitrogen and oxygen atoms in total. The van der Waals surface area contributed by atoms with E-state index < -0.39 is 0 Å². The van der Waals surface area contributed by atoms with Crippen LogP contribution in [0.2, 0.25) is 0 Å². The van der Waals surface area contributed by atoms with E-state index in [4.69, 9.17) is 4.74 Å². The van der Waals surface area contributed by atoms with Crippen molar-refractivity contribution in [1.29, 1.82) is 0 Å². The van der Waals surface area contributed by atoms with Gasteiger partial charge in [0.15, 0.2) is 0 Å². The van der Waals surface area contributed by atoms with Crippen molar-refractivity contribution in [3.05, 3.63) is 102 Å². The van der Waals surface area contributed by atoms with Gasteiger partial charge in [0.25, 0.3) is 0 Å². The molecule has 0 spiro atoms. The lowest BCUT2D eigenvalue weighted by Gasteiger charge is -2.23. The second-order valence-corrected chi connectivity index (χ2v) is 7.50. The molecule has 0 saturated heterocycles. The van der Waals surface area contributed by atoms with Gasteiger partial charge in [0, 0.05) is 22.8 Å². The van der Waals surface area contributed by atoms with Gasteiger partial charge >= 0.3 is 0 Å². The molecule has 0 unspecified atom stereocenters. The Bertz CT molecular complexity index is 1240. The molecule has 31 heavy (non-hydrogen) atoms. The topological polar surface area (TPSA) is 67.3 Å². The lowest BCUT2D eigenvalue weighted by molar-refractivity contribution is 0.362. The van der Waals surface area contributed by atoms with E-state index in [-0.39, 0.29) is 11.8 Å². The Balaban J connectivity index is 1.83. The van der Waals surface area contributed by atoms with Crippen LogP contribution in [-0.2, 0) is 0 Å². The van der Waals surface area contributed by atoms with Gasteiger partial charge in [0.2, 0.25) is 0 Å². The van der Waals surface area contributed by atoms with E-state index >= 15 is 0 Å². The Labute approximate surface area is 182 Å². The summed E-state index contributed by atoms with van der Waals surface area (Å²) in [6.45, 7) is 8.06. The van der Waals surface area contributed by atoms with Crippen molar-refractivity contribution in [2.24, 2.45) is 0 Å². The zero-order valence-corrected chi connectivity index (χ0v) is 17.7. The Kier molecular flexibility index (Phi) is 5.85. The molecule has 156 valence electrons. The smallest absolute Gasteiger partial charge is 0.147 e. The molecule has 1 atom stereocenters. The number of hydrogen-bond donors (Lipinski definition) is 2. The number of pyridine rings is 2. The number of aromatic hydroxyl groups is 1. The first-order valence-electron chi connectivity index (χ1n) is 10.2. The minimum Gasteiger partial charge on any atom is -0.505 e. The van der Waals surface area contributed by atoms with Gasteiger partial charge in [-0.25, -0.2) is 9.97 Å². The van der Waals surface area contributed by atoms with Crippen LogP contribution in [0.4, 0.5) is 5.82 Å². The maximum absolute atomic E-state index is 11.2. The quantitative estimate of drug-likeness (QED) is 0.381. The minimum absolute atomic E-state index is 0.156. The van der Waals surface area contributed by atoms with E-state index in [2.05, 4.69) is 21.9 Å². The molecule has 0 fully saturated rings. The summed E-state index contributed by atoms with van der Waals surface area (Å²) >= 11 is 0. The van der Waals surface area contributed by atoms with E-state index in [0.717, 1.165) is 39.3 Å². The maximum Gasteiger partial charge on any atom is 0.147 e. The molecular formula is C26H25N3O2. The van der Waals surface area contributed by atoms with Gasteiger partial charge in [-0.1, -0.05) is 43.0 Å². The van der Waals surface area contributed by atoms with Gasteiger partial charge in [-0.2, -0.15) is 0 Å². The second kappa shape index (κ2) is 8.88. The highest BCUT2D eigenvalue weighted by molar-refractivity contribution is 5.86. The van der Waals surface area contributed by atoms with Gasteiger partial charge in [0.05, 0.1) is 6.04 Å². The molecule has 0 aliphatic heterocycles. The maximum atomic E-state index is 11.2. The van der Waals surface area contributed by atoms with Crippen molar-refractivity contribution in [1.82, 2.24) is 9.97 Å². The Morgan fingerprint density at radius 2 is 1.94 bits per heavy atom. The van der Waals surface area contributed by atoms with E-state index in [9.17, 15) is 5.11 Å². The third-order valence-corrected chi connectivity index (χ3v) is 5.08. The third-order valence-electron chi connectivity index (χ3n) is 5.08. The highest BCUT2D eigenvalue weighted by Crippen LogP contribution is 2.37. The molecule has 0 saturated carbocycles. The summed E-state index contributed by atoms with van der Waals surface area (Å²) in [4.78, 5) is 9.02. The fourth-order valence-electron chi connectivity index (χ4n) is 3.56. The van der Waals surface area contributed by atoms with Gasteiger partial charge in [-0.15, -0.1) is 0 Å². The van der Waals surface area contributed by atoms with Crippen molar-refractivity contribution >= 4 is 16.7 Å². The monoisotopic (exact) mass is 411 g/mol. The summed E-state index contributed by atoms with van der Waals surface area (Å²) in [7, 11) is 0. The Hall–Kier alpha value is -3.86. The molecule has 4 aromatic rings. The number of rotatable bonds is 7. The van der Waals surface area contributed by atoms with Crippen molar-refractivity contribution in [2.45, 2.75) is 19.9 Å². The summed E-state index contributed by atoms with van der Waals surface area (Å²) in [5.41, 5.74) is 4.19. The number of hydrogen-bond acceptors (Lipinski definition) is 5. The number of anilines is 1. The fourth-order valence-corrected chi connectivity index (χ4v) is 3.56. The van der Waals surface area contributed by atoms with Crippen LogP contribution >= 0.6 is 0 Å². The molecular weight excluding hydrogens is 386 g/mol. The van der Waals surface area contributed by atoms with Gasteiger partial charge in [-0.05, 0) is 55.3 Å². The summed E-state index contributed by atoms with van der Waals surface area (Å²) in [5, 5.41) is 15.6. The molecule has 0 amide bonds. The molecule has 2 aromatic carbocycles. The SMILES string of the molecule is C=CCOc1cccc([C@@H](Nc2cc(C)ccn2)c2ccc3ccc(C)nc3c2O)c1. The average Bonchev–Trinajstić information content (AvgIpc) is 2.77. The molecule has 0 aliphatic rings. The van der Waals surface area contributed by atoms with Crippen LogP contribution in [0.5, 0.6) is 11.5 Å². The molecule has 2 aromatic heterocycles. The number of aromatic nitrogens is 2. The average molecular weight is 412 g/mol. The number of ether oxygens (including phenoxy) is 1. The standard InChI is InChI=1S/C26H25N3O2/c1-4-14-31-21-7-5-6-20(16-21)24(29-23-15-17(2)12-13-27-23)22-11-10-19-9-8-18(3)28-25(19)26(22)30/h4-13,15-16,24,30H,1,14H2,2-3H3,(H,27,29)/t24-/m1/s1. The highest BCUT2D eigenvalue weighted by atomic mass is 16.5. The highest BCUT2D eigenvalue weighted by Gasteiger charge is 2.21. The van der Waals surface area contributed by atoms with Crippen molar-refractivity contribution in [3.63, 3.8) is 0 Å². The Morgan fingerprint density at radius 3 is 2.74 bits per heavy atom. The summed E-state index contributed by atoms with van der Waals surface area (Å²) in [6, 6.07) is 19.2. The first-order chi connectivity index (χ1) is 15.0. The van der Waals surface area contributed by atoms with Crippen LogP contribution in [0.1, 0.15) is 28.4 Å². The lowest BCUT2D eigenvalue weighted by atomic mass is 9.96. The van der Waals surface area contributed by atoms with Crippen molar-refractivity contribution < 1.29 is 9.84 Å². The number of nitrogens with one attached hydrogen (secondary N) is 1. The van der Waals surface area contributed by atoms with E-state index in [1.807, 2.05) is 74.5 Å². The Morgan fingerprint density at radius 1 is 1.10 bits per heavy atom. The van der Waals surface area contributed by atoms with E-state index in [1.54, 1.807) is 12.3 Å². The largest absolute Gasteiger partial charge is 0.505 e. The van der Waals surface area contributed by atoms with Gasteiger partial charge < -0.3 is 15.2 Å².